The third-order valence-electron chi connectivity index (χ3n) is 3.95. The van der Waals surface area contributed by atoms with Crippen molar-refractivity contribution in [3.05, 3.63) is 60.4 Å². The van der Waals surface area contributed by atoms with Gasteiger partial charge in [-0.3, -0.25) is 0 Å². The monoisotopic (exact) mass is 345 g/mol. The van der Waals surface area contributed by atoms with E-state index in [2.05, 4.69) is 15.3 Å². The zero-order valence-corrected chi connectivity index (χ0v) is 14.4. The van der Waals surface area contributed by atoms with Gasteiger partial charge < -0.3 is 4.57 Å². The molecule has 0 aliphatic carbocycles. The van der Waals surface area contributed by atoms with E-state index >= 15 is 0 Å². The second-order valence-corrected chi connectivity index (χ2v) is 7.80. The van der Waals surface area contributed by atoms with Crippen molar-refractivity contribution in [3.63, 3.8) is 0 Å². The highest BCUT2D eigenvalue weighted by Crippen LogP contribution is 2.26. The van der Waals surface area contributed by atoms with Crippen molar-refractivity contribution in [3.8, 4) is 5.69 Å². The van der Waals surface area contributed by atoms with Gasteiger partial charge >= 0.3 is 0 Å². The van der Waals surface area contributed by atoms with Gasteiger partial charge in [-0.25, -0.2) is 18.1 Å². The van der Waals surface area contributed by atoms with Crippen molar-refractivity contribution in [1.82, 2.24) is 24.5 Å². The SMILES string of the molecule is CCn1nncc1CS(=O)(=O)C(C)c1nccn1-c1ccccc1. The van der Waals surface area contributed by atoms with Crippen LogP contribution in [0.5, 0.6) is 0 Å². The number of hydrogen-bond donors (Lipinski definition) is 0. The minimum absolute atomic E-state index is 0.114. The van der Waals surface area contributed by atoms with Crippen LogP contribution in [-0.4, -0.2) is 33.0 Å². The van der Waals surface area contributed by atoms with Crippen LogP contribution < -0.4 is 0 Å². The van der Waals surface area contributed by atoms with E-state index in [-0.39, 0.29) is 5.75 Å². The molecule has 1 unspecified atom stereocenters. The van der Waals surface area contributed by atoms with Gasteiger partial charge in [-0.2, -0.15) is 0 Å². The Hall–Kier alpha value is -2.48. The van der Waals surface area contributed by atoms with E-state index in [1.54, 1.807) is 28.6 Å². The molecule has 0 saturated heterocycles. The second kappa shape index (κ2) is 6.56. The van der Waals surface area contributed by atoms with Crippen LogP contribution in [0.15, 0.2) is 48.9 Å². The van der Waals surface area contributed by atoms with E-state index in [0.29, 0.717) is 18.1 Å². The number of rotatable bonds is 6. The lowest BCUT2D eigenvalue weighted by molar-refractivity contribution is 0.570. The van der Waals surface area contributed by atoms with Gasteiger partial charge in [-0.05, 0) is 26.0 Å². The number of para-hydroxylation sites is 1. The molecule has 0 fully saturated rings. The predicted molar refractivity (Wildman–Crippen MR) is 90.3 cm³/mol. The Kier molecular flexibility index (Phi) is 4.48. The molecule has 7 nitrogen and oxygen atoms in total. The summed E-state index contributed by atoms with van der Waals surface area (Å²) in [5.41, 5.74) is 1.47. The first-order chi connectivity index (χ1) is 11.5. The fraction of sp³-hybridized carbons (Fsp3) is 0.312. The summed E-state index contributed by atoms with van der Waals surface area (Å²) in [6, 6.07) is 9.56. The van der Waals surface area contributed by atoms with Crippen LogP contribution in [0.2, 0.25) is 0 Å². The number of benzene rings is 1. The standard InChI is InChI=1S/C16H19N5O2S/c1-3-21-15(11-18-19-21)12-24(22,23)13(2)16-17-9-10-20(16)14-7-5-4-6-8-14/h4-11,13H,3,12H2,1-2H3. The van der Waals surface area contributed by atoms with Gasteiger partial charge in [0.05, 0.1) is 17.6 Å². The van der Waals surface area contributed by atoms with Crippen LogP contribution in [0.25, 0.3) is 5.69 Å². The maximum Gasteiger partial charge on any atom is 0.165 e. The molecule has 24 heavy (non-hydrogen) atoms. The molecule has 0 saturated carbocycles. The molecule has 126 valence electrons. The highest BCUT2D eigenvalue weighted by atomic mass is 32.2. The highest BCUT2D eigenvalue weighted by molar-refractivity contribution is 7.90. The zero-order chi connectivity index (χ0) is 17.2. The van der Waals surface area contributed by atoms with Crippen molar-refractivity contribution >= 4 is 9.84 Å². The van der Waals surface area contributed by atoms with Gasteiger partial charge in [-0.1, -0.05) is 23.4 Å². The molecule has 1 aromatic carbocycles. The molecule has 0 amide bonds. The summed E-state index contributed by atoms with van der Waals surface area (Å²) in [4.78, 5) is 4.28. The van der Waals surface area contributed by atoms with Crippen molar-refractivity contribution < 1.29 is 8.42 Å². The summed E-state index contributed by atoms with van der Waals surface area (Å²) >= 11 is 0. The van der Waals surface area contributed by atoms with Crippen molar-refractivity contribution in [1.29, 1.82) is 0 Å². The maximum atomic E-state index is 12.8. The van der Waals surface area contributed by atoms with Crippen LogP contribution >= 0.6 is 0 Å². The summed E-state index contributed by atoms with van der Waals surface area (Å²) < 4.78 is 29.0. The van der Waals surface area contributed by atoms with Crippen LogP contribution in [0.3, 0.4) is 0 Å². The molecular weight excluding hydrogens is 326 g/mol. The summed E-state index contributed by atoms with van der Waals surface area (Å²) in [5, 5.41) is 6.94. The number of hydrogen-bond acceptors (Lipinski definition) is 5. The van der Waals surface area contributed by atoms with Gasteiger partial charge in [0.25, 0.3) is 0 Å². The van der Waals surface area contributed by atoms with Gasteiger partial charge in [-0.15, -0.1) is 5.10 Å². The minimum atomic E-state index is -3.45. The Morgan fingerprint density at radius 3 is 2.67 bits per heavy atom. The number of aromatic nitrogens is 5. The lowest BCUT2D eigenvalue weighted by Gasteiger charge is -2.15. The number of imidazole rings is 1. The average molecular weight is 345 g/mol. The van der Waals surface area contributed by atoms with Crippen molar-refractivity contribution in [2.24, 2.45) is 0 Å². The predicted octanol–water partition coefficient (Wildman–Crippen LogP) is 2.16. The van der Waals surface area contributed by atoms with Gasteiger partial charge in [0.1, 0.15) is 11.1 Å². The lowest BCUT2D eigenvalue weighted by Crippen LogP contribution is -2.18. The topological polar surface area (TPSA) is 82.7 Å². The third kappa shape index (κ3) is 3.09. The van der Waals surface area contributed by atoms with Crippen LogP contribution in [0.1, 0.15) is 30.6 Å². The third-order valence-corrected chi connectivity index (χ3v) is 5.94. The van der Waals surface area contributed by atoms with Crippen LogP contribution in [-0.2, 0) is 22.1 Å². The molecule has 3 aromatic rings. The highest BCUT2D eigenvalue weighted by Gasteiger charge is 2.28. The Morgan fingerprint density at radius 2 is 1.96 bits per heavy atom. The number of aryl methyl sites for hydroxylation is 1. The van der Waals surface area contributed by atoms with E-state index in [4.69, 9.17) is 0 Å². The largest absolute Gasteiger partial charge is 0.303 e. The number of nitrogens with zero attached hydrogens (tertiary/aromatic N) is 5. The zero-order valence-electron chi connectivity index (χ0n) is 13.6. The first kappa shape index (κ1) is 16.4. The van der Waals surface area contributed by atoms with E-state index in [1.807, 2.05) is 37.3 Å². The molecule has 0 aliphatic rings. The van der Waals surface area contributed by atoms with Crippen molar-refractivity contribution in [2.75, 3.05) is 0 Å². The van der Waals surface area contributed by atoms with Crippen molar-refractivity contribution in [2.45, 2.75) is 31.4 Å². The Bertz CT molecular complexity index is 915. The normalized spacial score (nSPS) is 13.1. The molecule has 8 heteroatoms. The maximum absolute atomic E-state index is 12.8. The van der Waals surface area contributed by atoms with E-state index in [1.165, 1.54) is 6.20 Å². The number of sulfone groups is 1. The van der Waals surface area contributed by atoms with Gasteiger partial charge in [0.2, 0.25) is 0 Å². The van der Waals surface area contributed by atoms with Crippen LogP contribution in [0, 0.1) is 0 Å². The first-order valence-electron chi connectivity index (χ1n) is 7.70. The first-order valence-corrected chi connectivity index (χ1v) is 9.42. The Morgan fingerprint density at radius 1 is 1.21 bits per heavy atom. The Balaban J connectivity index is 1.92. The fourth-order valence-corrected chi connectivity index (χ4v) is 3.95. The van der Waals surface area contributed by atoms with E-state index in [0.717, 1.165) is 5.69 Å². The molecule has 0 bridgehead atoms. The van der Waals surface area contributed by atoms with Crippen LogP contribution in [0.4, 0.5) is 0 Å². The smallest absolute Gasteiger partial charge is 0.165 e. The van der Waals surface area contributed by atoms with E-state index < -0.39 is 15.1 Å². The van der Waals surface area contributed by atoms with Gasteiger partial charge in [0, 0.05) is 24.6 Å². The molecule has 2 aromatic heterocycles. The lowest BCUT2D eigenvalue weighted by atomic mass is 10.3. The molecule has 0 spiro atoms. The molecular formula is C16H19N5O2S. The molecule has 0 radical (unpaired) electrons. The fourth-order valence-electron chi connectivity index (χ4n) is 2.57. The second-order valence-electron chi connectivity index (χ2n) is 5.48. The molecule has 0 N–H and O–H groups in total. The Labute approximate surface area is 140 Å². The molecule has 0 aliphatic heterocycles. The summed E-state index contributed by atoms with van der Waals surface area (Å²) in [7, 11) is -3.45. The quantitative estimate of drug-likeness (QED) is 0.684. The summed E-state index contributed by atoms with van der Waals surface area (Å²) in [5.74, 6) is 0.383. The van der Waals surface area contributed by atoms with Gasteiger partial charge in [0.15, 0.2) is 9.84 Å². The van der Waals surface area contributed by atoms with E-state index in [9.17, 15) is 8.42 Å². The molecule has 3 rings (SSSR count). The molecule has 2 heterocycles. The summed E-state index contributed by atoms with van der Waals surface area (Å²) in [6.45, 7) is 4.14. The molecule has 1 atom stereocenters. The minimum Gasteiger partial charge on any atom is -0.303 e. The summed E-state index contributed by atoms with van der Waals surface area (Å²) in [6.07, 6.45) is 4.89. The average Bonchev–Trinajstić information content (AvgIpc) is 3.23.